The average Bonchev–Trinajstić information content (AvgIpc) is 2.91. The van der Waals surface area contributed by atoms with Crippen molar-refractivity contribution in [1.29, 1.82) is 0 Å². The fourth-order valence-corrected chi connectivity index (χ4v) is 6.03. The Bertz CT molecular complexity index is 1100. The summed E-state index contributed by atoms with van der Waals surface area (Å²) in [5, 5.41) is 20.3. The van der Waals surface area contributed by atoms with E-state index in [0.29, 0.717) is 6.26 Å². The molecule has 32 heavy (non-hydrogen) atoms. The molecule has 1 fully saturated rings. The first kappa shape index (κ1) is 27.3. The number of aromatic nitrogens is 2. The summed E-state index contributed by atoms with van der Waals surface area (Å²) in [7, 11) is -16.4. The lowest BCUT2D eigenvalue weighted by molar-refractivity contribution is -0.0543. The normalized spacial score (nSPS) is 27.8. The first-order valence-corrected chi connectivity index (χ1v) is 13.4. The summed E-state index contributed by atoms with van der Waals surface area (Å²) in [6.45, 7) is -0.948. The lowest BCUT2D eigenvalue weighted by Crippen LogP contribution is -2.37. The number of H-pyrrole nitrogens is 1. The maximum Gasteiger partial charge on any atom is 0.538 e. The summed E-state index contributed by atoms with van der Waals surface area (Å²) in [4.78, 5) is 52.5. The molecule has 0 amide bonds. The lowest BCUT2D eigenvalue weighted by atomic mass is 10.1. The van der Waals surface area contributed by atoms with Gasteiger partial charge in [0.05, 0.1) is 6.61 Å². The predicted octanol–water partition coefficient (Wildman–Crippen LogP) is -0.611. The molecular formula is C11H16BrN2O15P3. The van der Waals surface area contributed by atoms with Gasteiger partial charge in [-0.05, 0) is 0 Å². The van der Waals surface area contributed by atoms with Crippen LogP contribution in [-0.4, -0.2) is 59.4 Å². The zero-order valence-electron chi connectivity index (χ0n) is 15.3. The van der Waals surface area contributed by atoms with Crippen molar-refractivity contribution in [3.8, 4) is 0 Å². The highest BCUT2D eigenvalue weighted by Crippen LogP contribution is 2.68. The molecule has 17 nitrogen and oxygen atoms in total. The van der Waals surface area contributed by atoms with Gasteiger partial charge >= 0.3 is 29.2 Å². The highest BCUT2D eigenvalue weighted by molar-refractivity contribution is 9.11. The van der Waals surface area contributed by atoms with Crippen LogP contribution >= 0.6 is 39.4 Å². The number of halogens is 1. The molecule has 1 saturated heterocycles. The van der Waals surface area contributed by atoms with Gasteiger partial charge in [-0.25, -0.2) is 18.5 Å². The number of nitrogens with zero attached hydrogens (tertiary/aromatic N) is 1. The van der Waals surface area contributed by atoms with Crippen LogP contribution in [0.15, 0.2) is 33.1 Å². The minimum atomic E-state index is -5.69. The minimum absolute atomic E-state index is 0.613. The second-order valence-electron chi connectivity index (χ2n) is 5.80. The smallest absolute Gasteiger partial charge is 0.411 e. The van der Waals surface area contributed by atoms with E-state index in [1.807, 2.05) is 4.98 Å². The zero-order valence-corrected chi connectivity index (χ0v) is 19.6. The maximum atomic E-state index is 12.6. The summed E-state index contributed by atoms with van der Waals surface area (Å²) in [6, 6.07) is 0.940. The van der Waals surface area contributed by atoms with Gasteiger partial charge in [-0.3, -0.25) is 18.9 Å². The van der Waals surface area contributed by atoms with Crippen LogP contribution in [0.4, 0.5) is 0 Å². The Kier molecular flexibility index (Phi) is 8.97. The minimum Gasteiger partial charge on any atom is -0.411 e. The number of rotatable bonds is 10. The zero-order chi connectivity index (χ0) is 24.3. The van der Waals surface area contributed by atoms with Crippen molar-refractivity contribution in [2.45, 2.75) is 24.5 Å². The van der Waals surface area contributed by atoms with E-state index in [9.17, 15) is 38.4 Å². The van der Waals surface area contributed by atoms with Crippen LogP contribution in [0.1, 0.15) is 6.23 Å². The van der Waals surface area contributed by atoms with Crippen molar-refractivity contribution in [3.05, 3.63) is 44.3 Å². The van der Waals surface area contributed by atoms with Crippen molar-refractivity contribution < 1.29 is 61.0 Å². The highest BCUT2D eigenvalue weighted by Gasteiger charge is 2.48. The second kappa shape index (κ2) is 10.5. The SMILES string of the molecule is O=c1ccn([C@@H]2O[C@H](COP(=O)(O/C=C/Br)OP(=O)(O)OP(=O)(O)O)[C@@H](O)[C@H]2O)c(=O)[nH]1. The van der Waals surface area contributed by atoms with Gasteiger partial charge in [-0.15, -0.1) is 0 Å². The third-order valence-corrected chi connectivity index (χ3v) is 7.88. The van der Waals surface area contributed by atoms with E-state index in [0.717, 1.165) is 21.8 Å². The largest absolute Gasteiger partial charge is 0.538 e. The van der Waals surface area contributed by atoms with Crippen LogP contribution in [-0.2, 0) is 36.1 Å². The van der Waals surface area contributed by atoms with E-state index in [1.54, 1.807) is 0 Å². The fraction of sp³-hybridized carbons (Fsp3) is 0.455. The molecular weight excluding hydrogens is 573 g/mol. The molecule has 6 atom stereocenters. The number of nitrogens with one attached hydrogen (secondary N) is 1. The molecule has 0 bridgehead atoms. The number of aromatic amines is 1. The van der Waals surface area contributed by atoms with Gasteiger partial charge in [0.2, 0.25) is 0 Å². The average molecular weight is 589 g/mol. The Hall–Kier alpha value is -0.970. The molecule has 0 saturated carbocycles. The van der Waals surface area contributed by atoms with Crippen LogP contribution in [0.3, 0.4) is 0 Å². The number of phosphoric acid groups is 3. The van der Waals surface area contributed by atoms with Gasteiger partial charge in [0.25, 0.3) is 5.56 Å². The van der Waals surface area contributed by atoms with Gasteiger partial charge in [-0.2, -0.15) is 8.62 Å². The topological polar surface area (TPSA) is 253 Å². The van der Waals surface area contributed by atoms with Crippen LogP contribution in [0, 0.1) is 0 Å². The van der Waals surface area contributed by atoms with Crippen molar-refractivity contribution in [3.63, 3.8) is 0 Å². The standard InChI is InChI=1S/C11H16BrN2O15P3/c12-2-4-25-32(24,29-31(22,23)28-30(19,20)21)26-5-6-8(16)9(17)10(27-6)14-3-1-7(15)13-11(14)18/h1-4,6,8-10,16-17H,5H2,(H,22,23)(H,13,15,18)(H2,19,20,21)/b4-2+/t6-,8-,9-,10-,32?/m1/s1. The van der Waals surface area contributed by atoms with Gasteiger partial charge in [-0.1, -0.05) is 15.9 Å². The second-order valence-corrected chi connectivity index (χ2v) is 10.9. The number of aliphatic hydroxyl groups excluding tert-OH is 2. The molecule has 2 unspecified atom stereocenters. The van der Waals surface area contributed by atoms with E-state index in [4.69, 9.17) is 19.0 Å². The summed E-state index contributed by atoms with van der Waals surface area (Å²) < 4.78 is 57.9. The summed E-state index contributed by atoms with van der Waals surface area (Å²) in [6.07, 6.45) is -4.95. The number of hydrogen-bond donors (Lipinski definition) is 6. The molecule has 1 aliphatic heterocycles. The summed E-state index contributed by atoms with van der Waals surface area (Å²) in [5.41, 5.74) is -1.72. The quantitative estimate of drug-likeness (QED) is 0.147. The number of aliphatic hydroxyl groups is 2. The molecule has 6 N–H and O–H groups in total. The molecule has 2 rings (SSSR count). The molecule has 2 heterocycles. The summed E-state index contributed by atoms with van der Waals surface area (Å²) in [5.74, 6) is 0. The van der Waals surface area contributed by atoms with Crippen LogP contribution < -0.4 is 11.2 Å². The Morgan fingerprint density at radius 3 is 2.38 bits per heavy atom. The molecule has 0 spiro atoms. The van der Waals surface area contributed by atoms with Crippen LogP contribution in [0.2, 0.25) is 0 Å². The molecule has 182 valence electrons. The molecule has 1 aromatic heterocycles. The van der Waals surface area contributed by atoms with E-state index < -0.39 is 65.9 Å². The molecule has 0 aliphatic carbocycles. The van der Waals surface area contributed by atoms with E-state index >= 15 is 0 Å². The third-order valence-electron chi connectivity index (χ3n) is 3.51. The monoisotopic (exact) mass is 588 g/mol. The first-order chi connectivity index (χ1) is 14.7. The van der Waals surface area contributed by atoms with Gasteiger partial charge < -0.3 is 34.2 Å². The van der Waals surface area contributed by atoms with Crippen molar-refractivity contribution in [2.75, 3.05) is 6.61 Å². The number of hydrogen-bond acceptors (Lipinski definition) is 12. The van der Waals surface area contributed by atoms with Crippen molar-refractivity contribution in [2.24, 2.45) is 0 Å². The molecule has 0 aromatic carbocycles. The van der Waals surface area contributed by atoms with E-state index in [-0.39, 0.29) is 0 Å². The van der Waals surface area contributed by atoms with Gasteiger partial charge in [0, 0.05) is 17.2 Å². The highest BCUT2D eigenvalue weighted by atomic mass is 79.9. The Balaban J connectivity index is 2.17. The number of phosphoric ester groups is 1. The number of ether oxygens (including phenoxy) is 1. The first-order valence-electron chi connectivity index (χ1n) is 7.99. The molecule has 1 aliphatic rings. The van der Waals surface area contributed by atoms with Crippen LogP contribution in [0.5, 0.6) is 0 Å². The molecule has 1 aromatic rings. The Morgan fingerprint density at radius 1 is 1.16 bits per heavy atom. The van der Waals surface area contributed by atoms with Crippen molar-refractivity contribution in [1.82, 2.24) is 9.55 Å². The van der Waals surface area contributed by atoms with Crippen molar-refractivity contribution >= 4 is 39.4 Å². The van der Waals surface area contributed by atoms with E-state index in [2.05, 4.69) is 29.1 Å². The molecule has 21 heteroatoms. The fourth-order valence-electron chi connectivity index (χ4n) is 2.34. The van der Waals surface area contributed by atoms with Crippen LogP contribution in [0.25, 0.3) is 0 Å². The summed E-state index contributed by atoms with van der Waals surface area (Å²) >= 11 is 2.73. The maximum absolute atomic E-state index is 12.6. The lowest BCUT2D eigenvalue weighted by Gasteiger charge is -2.21. The van der Waals surface area contributed by atoms with Gasteiger partial charge in [0.15, 0.2) is 6.23 Å². The van der Waals surface area contributed by atoms with Gasteiger partial charge in [0.1, 0.15) is 24.6 Å². The molecule has 0 radical (unpaired) electrons. The Morgan fingerprint density at radius 2 is 1.81 bits per heavy atom. The Labute approximate surface area is 185 Å². The third kappa shape index (κ3) is 7.53. The van der Waals surface area contributed by atoms with E-state index in [1.165, 1.54) is 0 Å². The predicted molar refractivity (Wildman–Crippen MR) is 104 cm³/mol.